The number of benzene rings is 1. The molecule has 98 valence electrons. The third-order valence-electron chi connectivity index (χ3n) is 3.24. The summed E-state index contributed by atoms with van der Waals surface area (Å²) in [6.07, 6.45) is 2.81. The van der Waals surface area contributed by atoms with Gasteiger partial charge in [0.1, 0.15) is 0 Å². The second-order valence-electron chi connectivity index (χ2n) is 4.85. The molecule has 3 N–H and O–H groups in total. The lowest BCUT2D eigenvalue weighted by atomic mass is 10.1. The predicted octanol–water partition coefficient (Wildman–Crippen LogP) is 1.25. The van der Waals surface area contributed by atoms with E-state index >= 15 is 0 Å². The Kier molecular flexibility index (Phi) is 4.20. The van der Waals surface area contributed by atoms with Crippen molar-refractivity contribution in [2.75, 3.05) is 18.5 Å². The van der Waals surface area contributed by atoms with Gasteiger partial charge in [0.15, 0.2) is 0 Å². The summed E-state index contributed by atoms with van der Waals surface area (Å²) in [5, 5.41) is 3.00. The predicted molar refractivity (Wildman–Crippen MR) is 73.4 cm³/mol. The molecule has 0 bridgehead atoms. The van der Waals surface area contributed by atoms with E-state index in [-0.39, 0.29) is 5.91 Å². The number of nitrogens with two attached hydrogens (primary N) is 1. The van der Waals surface area contributed by atoms with Gasteiger partial charge in [-0.25, -0.2) is 0 Å². The molecule has 0 atom stereocenters. The Morgan fingerprint density at radius 1 is 1.44 bits per heavy atom. The molecule has 0 heterocycles. The number of nitrogens with one attached hydrogen (secondary N) is 1. The lowest BCUT2D eigenvalue weighted by molar-refractivity contribution is -0.121. The molecule has 1 saturated carbocycles. The molecule has 1 aliphatic rings. The van der Waals surface area contributed by atoms with E-state index in [4.69, 9.17) is 5.73 Å². The lowest BCUT2D eigenvalue weighted by Gasteiger charge is -2.21. The van der Waals surface area contributed by atoms with Gasteiger partial charge in [0, 0.05) is 38.3 Å². The molecule has 1 fully saturated rings. The summed E-state index contributed by atoms with van der Waals surface area (Å²) < 4.78 is 0. The molecule has 1 aromatic rings. The van der Waals surface area contributed by atoms with Crippen LogP contribution < -0.4 is 16.0 Å². The highest BCUT2D eigenvalue weighted by molar-refractivity contribution is 5.77. The van der Waals surface area contributed by atoms with Crippen LogP contribution in [0, 0.1) is 0 Å². The van der Waals surface area contributed by atoms with Crippen molar-refractivity contribution in [3.8, 4) is 0 Å². The quantitative estimate of drug-likeness (QED) is 0.795. The average molecular weight is 247 g/mol. The van der Waals surface area contributed by atoms with Crippen LogP contribution in [0.25, 0.3) is 0 Å². The second kappa shape index (κ2) is 5.87. The van der Waals surface area contributed by atoms with Crippen molar-refractivity contribution in [1.82, 2.24) is 5.32 Å². The van der Waals surface area contributed by atoms with Crippen LogP contribution in [-0.4, -0.2) is 25.5 Å². The van der Waals surface area contributed by atoms with Crippen LogP contribution in [0.15, 0.2) is 24.3 Å². The van der Waals surface area contributed by atoms with Crippen molar-refractivity contribution in [1.29, 1.82) is 0 Å². The first kappa shape index (κ1) is 12.9. The minimum atomic E-state index is 0.148. The summed E-state index contributed by atoms with van der Waals surface area (Å²) in [7, 11) is 2.00. The van der Waals surface area contributed by atoms with Crippen molar-refractivity contribution in [2.24, 2.45) is 5.73 Å². The molecule has 0 aromatic heterocycles. The number of amides is 1. The van der Waals surface area contributed by atoms with Crippen molar-refractivity contribution in [2.45, 2.75) is 31.8 Å². The number of hydrogen-bond donors (Lipinski definition) is 2. The molecule has 4 nitrogen and oxygen atoms in total. The molecule has 2 rings (SSSR count). The van der Waals surface area contributed by atoms with E-state index in [1.54, 1.807) is 0 Å². The molecule has 0 aliphatic heterocycles. The first-order valence-electron chi connectivity index (χ1n) is 6.49. The van der Waals surface area contributed by atoms with E-state index < -0.39 is 0 Å². The minimum Gasteiger partial charge on any atom is -0.374 e. The minimum absolute atomic E-state index is 0.148. The van der Waals surface area contributed by atoms with Crippen molar-refractivity contribution < 1.29 is 4.79 Å². The maximum Gasteiger partial charge on any atom is 0.221 e. The van der Waals surface area contributed by atoms with E-state index in [0.717, 1.165) is 30.6 Å². The van der Waals surface area contributed by atoms with Crippen molar-refractivity contribution in [3.05, 3.63) is 29.8 Å². The number of hydrogen-bond acceptors (Lipinski definition) is 3. The second-order valence-corrected chi connectivity index (χ2v) is 4.85. The fourth-order valence-corrected chi connectivity index (χ4v) is 1.97. The molecule has 0 saturated heterocycles. The maximum absolute atomic E-state index is 11.6. The van der Waals surface area contributed by atoms with Crippen LogP contribution in [0.1, 0.15) is 24.8 Å². The Hall–Kier alpha value is -1.55. The Morgan fingerprint density at radius 3 is 2.83 bits per heavy atom. The van der Waals surface area contributed by atoms with Gasteiger partial charge in [-0.15, -0.1) is 0 Å². The molecule has 18 heavy (non-hydrogen) atoms. The van der Waals surface area contributed by atoms with Gasteiger partial charge in [-0.1, -0.05) is 18.2 Å². The zero-order valence-corrected chi connectivity index (χ0v) is 10.9. The molecular formula is C14H21N3O. The maximum atomic E-state index is 11.6. The molecule has 0 radical (unpaired) electrons. The summed E-state index contributed by atoms with van der Waals surface area (Å²) in [4.78, 5) is 13.7. The smallest absolute Gasteiger partial charge is 0.221 e. The number of rotatable bonds is 6. The summed E-state index contributed by atoms with van der Waals surface area (Å²) in [6, 6.07) is 8.49. The summed E-state index contributed by atoms with van der Waals surface area (Å²) in [5.74, 6) is 0.148. The largest absolute Gasteiger partial charge is 0.374 e. The summed E-state index contributed by atoms with van der Waals surface area (Å²) in [6.45, 7) is 1.24. The van der Waals surface area contributed by atoms with Crippen molar-refractivity contribution >= 4 is 11.6 Å². The monoisotopic (exact) mass is 247 g/mol. The van der Waals surface area contributed by atoms with E-state index in [9.17, 15) is 4.79 Å². The van der Waals surface area contributed by atoms with Crippen LogP contribution in [-0.2, 0) is 11.3 Å². The summed E-state index contributed by atoms with van der Waals surface area (Å²) in [5.41, 5.74) is 7.94. The fourth-order valence-electron chi connectivity index (χ4n) is 1.97. The summed E-state index contributed by atoms with van der Waals surface area (Å²) >= 11 is 0. The zero-order valence-electron chi connectivity index (χ0n) is 10.9. The van der Waals surface area contributed by atoms with Gasteiger partial charge in [0.05, 0.1) is 0 Å². The van der Waals surface area contributed by atoms with Crippen LogP contribution in [0.4, 0.5) is 5.69 Å². The van der Waals surface area contributed by atoms with Gasteiger partial charge in [0.25, 0.3) is 0 Å². The topological polar surface area (TPSA) is 58.4 Å². The molecule has 1 aliphatic carbocycles. The van der Waals surface area contributed by atoms with Crippen LogP contribution in [0.3, 0.4) is 0 Å². The lowest BCUT2D eigenvalue weighted by Crippen LogP contribution is -2.30. The fraction of sp³-hybridized carbons (Fsp3) is 0.500. The zero-order chi connectivity index (χ0) is 13.0. The number of anilines is 1. The standard InChI is InChI=1S/C14H21N3O/c1-17(9-8-14(18)16-12-6-7-12)13-5-3-2-4-11(13)10-15/h2-5,12H,6-10,15H2,1H3,(H,16,18). The number of carbonyl (C=O) groups excluding carboxylic acids is 1. The van der Waals surface area contributed by atoms with Gasteiger partial charge in [0.2, 0.25) is 5.91 Å². The molecule has 1 aromatic carbocycles. The van der Waals surface area contributed by atoms with Gasteiger partial charge in [-0.3, -0.25) is 4.79 Å². The van der Waals surface area contributed by atoms with Crippen LogP contribution in [0.2, 0.25) is 0 Å². The van der Waals surface area contributed by atoms with Crippen LogP contribution >= 0.6 is 0 Å². The van der Waals surface area contributed by atoms with Gasteiger partial charge >= 0.3 is 0 Å². The number of para-hydroxylation sites is 1. The van der Waals surface area contributed by atoms with Gasteiger partial charge < -0.3 is 16.0 Å². The number of nitrogens with zero attached hydrogens (tertiary/aromatic N) is 1. The van der Waals surface area contributed by atoms with Gasteiger partial charge in [-0.05, 0) is 24.5 Å². The molecule has 4 heteroatoms. The van der Waals surface area contributed by atoms with Crippen molar-refractivity contribution in [3.63, 3.8) is 0 Å². The van der Waals surface area contributed by atoms with Crippen LogP contribution in [0.5, 0.6) is 0 Å². The van der Waals surface area contributed by atoms with E-state index in [1.807, 2.05) is 31.3 Å². The first-order chi connectivity index (χ1) is 8.70. The molecular weight excluding hydrogens is 226 g/mol. The molecule has 0 unspecified atom stereocenters. The first-order valence-corrected chi connectivity index (χ1v) is 6.49. The Morgan fingerprint density at radius 2 is 2.17 bits per heavy atom. The highest BCUT2D eigenvalue weighted by Gasteiger charge is 2.23. The normalized spacial score (nSPS) is 14.3. The third kappa shape index (κ3) is 3.47. The van der Waals surface area contributed by atoms with E-state index in [1.165, 1.54) is 0 Å². The highest BCUT2D eigenvalue weighted by Crippen LogP contribution is 2.20. The number of carbonyl (C=O) groups is 1. The average Bonchev–Trinajstić information content (AvgIpc) is 3.19. The highest BCUT2D eigenvalue weighted by atomic mass is 16.1. The third-order valence-corrected chi connectivity index (χ3v) is 3.24. The van der Waals surface area contributed by atoms with E-state index in [2.05, 4.69) is 10.2 Å². The Bertz CT molecular complexity index is 415. The molecule has 0 spiro atoms. The SMILES string of the molecule is CN(CCC(=O)NC1CC1)c1ccccc1CN. The Balaban J connectivity index is 1.86. The van der Waals surface area contributed by atoms with E-state index in [0.29, 0.717) is 19.0 Å². The molecule has 1 amide bonds. The Labute approximate surface area is 108 Å². The van der Waals surface area contributed by atoms with Gasteiger partial charge in [-0.2, -0.15) is 0 Å².